The van der Waals surface area contributed by atoms with E-state index in [0.717, 1.165) is 11.5 Å². The summed E-state index contributed by atoms with van der Waals surface area (Å²) in [5, 5.41) is 12.4. The zero-order valence-corrected chi connectivity index (χ0v) is 12.7. The fourth-order valence-electron chi connectivity index (χ4n) is 2.00. The minimum Gasteiger partial charge on any atom is -0.396 e. The molecular formula is C15H25NOS. The minimum atomic E-state index is 0.279. The SMILES string of the molecule is CNC(CSCC(C)CO)c1cc(C)cc(C)c1. The van der Waals surface area contributed by atoms with Crippen molar-refractivity contribution < 1.29 is 5.11 Å². The van der Waals surface area contributed by atoms with Crippen molar-refractivity contribution in [1.82, 2.24) is 5.32 Å². The van der Waals surface area contributed by atoms with Crippen LogP contribution in [-0.4, -0.2) is 30.3 Å². The molecule has 102 valence electrons. The van der Waals surface area contributed by atoms with E-state index >= 15 is 0 Å². The summed E-state index contributed by atoms with van der Waals surface area (Å²) in [6.07, 6.45) is 0. The van der Waals surface area contributed by atoms with Crippen molar-refractivity contribution in [2.75, 3.05) is 25.2 Å². The van der Waals surface area contributed by atoms with Crippen molar-refractivity contribution in [3.63, 3.8) is 0 Å². The van der Waals surface area contributed by atoms with Crippen LogP contribution in [0, 0.1) is 19.8 Å². The first-order valence-corrected chi connectivity index (χ1v) is 7.66. The molecule has 0 fully saturated rings. The van der Waals surface area contributed by atoms with Crippen LogP contribution in [-0.2, 0) is 0 Å². The van der Waals surface area contributed by atoms with Gasteiger partial charge in [0.25, 0.3) is 0 Å². The van der Waals surface area contributed by atoms with Crippen molar-refractivity contribution >= 4 is 11.8 Å². The van der Waals surface area contributed by atoms with E-state index < -0.39 is 0 Å². The molecule has 1 aromatic carbocycles. The van der Waals surface area contributed by atoms with Gasteiger partial charge in [-0.05, 0) is 38.1 Å². The fourth-order valence-corrected chi connectivity index (χ4v) is 3.24. The second kappa shape index (κ2) is 7.82. The van der Waals surface area contributed by atoms with Crippen LogP contribution < -0.4 is 5.32 Å². The molecule has 0 radical (unpaired) electrons. The van der Waals surface area contributed by atoms with Crippen molar-refractivity contribution in [2.45, 2.75) is 26.8 Å². The molecule has 2 unspecified atom stereocenters. The Morgan fingerprint density at radius 3 is 2.28 bits per heavy atom. The summed E-state index contributed by atoms with van der Waals surface area (Å²) < 4.78 is 0. The van der Waals surface area contributed by atoms with Crippen LogP contribution in [0.25, 0.3) is 0 Å². The van der Waals surface area contributed by atoms with E-state index in [2.05, 4.69) is 44.3 Å². The van der Waals surface area contributed by atoms with Crippen LogP contribution in [0.3, 0.4) is 0 Å². The predicted molar refractivity (Wildman–Crippen MR) is 81.3 cm³/mol. The van der Waals surface area contributed by atoms with Gasteiger partial charge in [-0.25, -0.2) is 0 Å². The van der Waals surface area contributed by atoms with E-state index in [1.165, 1.54) is 16.7 Å². The highest BCUT2D eigenvalue weighted by atomic mass is 32.2. The number of thioether (sulfide) groups is 1. The normalized spacial score (nSPS) is 14.5. The summed E-state index contributed by atoms with van der Waals surface area (Å²) in [4.78, 5) is 0. The first-order valence-electron chi connectivity index (χ1n) is 6.51. The fraction of sp³-hybridized carbons (Fsp3) is 0.600. The topological polar surface area (TPSA) is 32.3 Å². The smallest absolute Gasteiger partial charge is 0.0464 e. The molecule has 0 aromatic heterocycles. The van der Waals surface area contributed by atoms with Crippen molar-refractivity contribution in [2.24, 2.45) is 5.92 Å². The maximum Gasteiger partial charge on any atom is 0.0464 e. The van der Waals surface area contributed by atoms with E-state index in [1.807, 2.05) is 18.8 Å². The Labute approximate surface area is 115 Å². The van der Waals surface area contributed by atoms with Crippen LogP contribution in [0.1, 0.15) is 29.7 Å². The number of rotatable bonds is 7. The van der Waals surface area contributed by atoms with Crippen LogP contribution in [0.15, 0.2) is 18.2 Å². The lowest BCUT2D eigenvalue weighted by atomic mass is 10.0. The number of aliphatic hydroxyl groups is 1. The summed E-state index contributed by atoms with van der Waals surface area (Å²) in [6.45, 7) is 6.65. The van der Waals surface area contributed by atoms with E-state index in [4.69, 9.17) is 5.11 Å². The van der Waals surface area contributed by atoms with Gasteiger partial charge in [0.05, 0.1) is 0 Å². The maximum atomic E-state index is 9.02. The summed E-state index contributed by atoms with van der Waals surface area (Å²) in [5.74, 6) is 2.44. The average molecular weight is 267 g/mol. The molecule has 2 atom stereocenters. The number of hydrogen-bond acceptors (Lipinski definition) is 3. The highest BCUT2D eigenvalue weighted by Gasteiger charge is 2.11. The Balaban J connectivity index is 2.59. The molecule has 0 saturated carbocycles. The monoisotopic (exact) mass is 267 g/mol. The van der Waals surface area contributed by atoms with Crippen LogP contribution in [0.4, 0.5) is 0 Å². The molecular weight excluding hydrogens is 242 g/mol. The van der Waals surface area contributed by atoms with Gasteiger partial charge in [-0.3, -0.25) is 0 Å². The van der Waals surface area contributed by atoms with Gasteiger partial charge >= 0.3 is 0 Å². The van der Waals surface area contributed by atoms with Gasteiger partial charge in [0, 0.05) is 18.4 Å². The second-order valence-corrected chi connectivity index (χ2v) is 6.16. The first-order chi connectivity index (χ1) is 8.56. The molecule has 0 aliphatic rings. The Kier molecular flexibility index (Phi) is 6.76. The zero-order valence-electron chi connectivity index (χ0n) is 11.9. The highest BCUT2D eigenvalue weighted by molar-refractivity contribution is 7.99. The highest BCUT2D eigenvalue weighted by Crippen LogP contribution is 2.21. The van der Waals surface area contributed by atoms with E-state index in [9.17, 15) is 0 Å². The van der Waals surface area contributed by atoms with Gasteiger partial charge < -0.3 is 10.4 Å². The summed E-state index contributed by atoms with van der Waals surface area (Å²) >= 11 is 1.90. The summed E-state index contributed by atoms with van der Waals surface area (Å²) in [6, 6.07) is 7.10. The second-order valence-electron chi connectivity index (χ2n) is 5.09. The molecule has 1 rings (SSSR count). The van der Waals surface area contributed by atoms with Crippen LogP contribution in [0.2, 0.25) is 0 Å². The lowest BCUT2D eigenvalue weighted by Crippen LogP contribution is -2.20. The summed E-state index contributed by atoms with van der Waals surface area (Å²) in [7, 11) is 2.01. The third kappa shape index (κ3) is 5.01. The molecule has 18 heavy (non-hydrogen) atoms. The first kappa shape index (κ1) is 15.5. The molecule has 0 saturated heterocycles. The molecule has 3 heteroatoms. The Hall–Kier alpha value is -0.510. The lowest BCUT2D eigenvalue weighted by molar-refractivity contribution is 0.250. The number of aliphatic hydroxyl groups excluding tert-OH is 1. The van der Waals surface area contributed by atoms with Gasteiger partial charge in [-0.15, -0.1) is 0 Å². The molecule has 1 aromatic rings. The van der Waals surface area contributed by atoms with Crippen molar-refractivity contribution in [1.29, 1.82) is 0 Å². The van der Waals surface area contributed by atoms with E-state index in [-0.39, 0.29) is 6.61 Å². The Morgan fingerprint density at radius 2 is 1.78 bits per heavy atom. The van der Waals surface area contributed by atoms with Gasteiger partial charge in [0.1, 0.15) is 0 Å². The average Bonchev–Trinajstić information content (AvgIpc) is 2.33. The van der Waals surface area contributed by atoms with Gasteiger partial charge in [-0.1, -0.05) is 36.2 Å². The molecule has 0 bridgehead atoms. The number of nitrogens with one attached hydrogen (secondary N) is 1. The van der Waals surface area contributed by atoms with E-state index in [0.29, 0.717) is 12.0 Å². The van der Waals surface area contributed by atoms with Crippen molar-refractivity contribution in [3.05, 3.63) is 34.9 Å². The third-order valence-corrected chi connectivity index (χ3v) is 4.37. The minimum absolute atomic E-state index is 0.279. The molecule has 0 aliphatic heterocycles. The molecule has 2 N–H and O–H groups in total. The van der Waals surface area contributed by atoms with Crippen molar-refractivity contribution in [3.8, 4) is 0 Å². The maximum absolute atomic E-state index is 9.02. The largest absolute Gasteiger partial charge is 0.396 e. The third-order valence-electron chi connectivity index (χ3n) is 2.99. The van der Waals surface area contributed by atoms with Crippen LogP contribution in [0.5, 0.6) is 0 Å². The molecule has 0 aliphatic carbocycles. The molecule has 0 heterocycles. The molecule has 2 nitrogen and oxygen atoms in total. The Morgan fingerprint density at radius 1 is 1.17 bits per heavy atom. The summed E-state index contributed by atoms with van der Waals surface area (Å²) in [5.41, 5.74) is 4.00. The number of aryl methyl sites for hydroxylation is 2. The standard InChI is InChI=1S/C15H25NOS/c1-11-5-12(2)7-14(6-11)15(16-4)10-18-9-13(3)8-17/h5-7,13,15-17H,8-10H2,1-4H3. The molecule has 0 spiro atoms. The van der Waals surface area contributed by atoms with Gasteiger partial charge in [0.15, 0.2) is 0 Å². The quantitative estimate of drug-likeness (QED) is 0.797. The molecule has 0 amide bonds. The van der Waals surface area contributed by atoms with Crippen LogP contribution >= 0.6 is 11.8 Å². The van der Waals surface area contributed by atoms with E-state index in [1.54, 1.807) is 0 Å². The number of benzene rings is 1. The zero-order chi connectivity index (χ0) is 13.5. The number of hydrogen-bond donors (Lipinski definition) is 2. The van der Waals surface area contributed by atoms with Gasteiger partial charge in [0.2, 0.25) is 0 Å². The predicted octanol–water partition coefficient (Wildman–Crippen LogP) is 2.93. The Bertz CT molecular complexity index is 347. The van der Waals surface area contributed by atoms with Gasteiger partial charge in [-0.2, -0.15) is 11.8 Å². The lowest BCUT2D eigenvalue weighted by Gasteiger charge is -2.18.